The predicted molar refractivity (Wildman–Crippen MR) is 124 cm³/mol. The number of nitrogens with one attached hydrogen (secondary N) is 2. The van der Waals surface area contributed by atoms with Crippen LogP contribution in [0.25, 0.3) is 32.3 Å². The number of carbonyl (C=O) groups is 2. The van der Waals surface area contributed by atoms with E-state index < -0.39 is 30.2 Å². The summed E-state index contributed by atoms with van der Waals surface area (Å²) < 4.78 is 32.6. The van der Waals surface area contributed by atoms with Crippen LogP contribution in [0.4, 0.5) is 8.78 Å². The van der Waals surface area contributed by atoms with Crippen LogP contribution in [-0.2, 0) is 9.59 Å². The van der Waals surface area contributed by atoms with Gasteiger partial charge in [-0.1, -0.05) is 18.2 Å². The minimum atomic E-state index is -1.41. The highest BCUT2D eigenvalue weighted by molar-refractivity contribution is 7.17. The SMILES string of the molecule is CN1CC(F)C(n2cc(C3=C(c4c[nH]c5ccsc45)C(=O)NC3=O)c3ccccc32)C(F)C1. The number of halogens is 2. The third-order valence-corrected chi connectivity index (χ3v) is 7.47. The van der Waals surface area contributed by atoms with Gasteiger partial charge >= 0.3 is 0 Å². The number of H-pyrrole nitrogens is 1. The molecule has 0 aliphatic carbocycles. The molecular weight excluding hydrogens is 446 g/mol. The van der Waals surface area contributed by atoms with Gasteiger partial charge in [0, 0.05) is 47.5 Å². The molecule has 0 radical (unpaired) electrons. The lowest BCUT2D eigenvalue weighted by molar-refractivity contribution is -0.122. The number of aromatic amines is 1. The Morgan fingerprint density at radius 2 is 1.70 bits per heavy atom. The molecule has 2 aliphatic rings. The average molecular weight is 467 g/mol. The number of thiophene rings is 1. The lowest BCUT2D eigenvalue weighted by Gasteiger charge is -2.36. The molecule has 2 unspecified atom stereocenters. The Bertz CT molecular complexity index is 1450. The Morgan fingerprint density at radius 1 is 1.00 bits per heavy atom. The van der Waals surface area contributed by atoms with Crippen molar-refractivity contribution in [3.8, 4) is 0 Å². The van der Waals surface area contributed by atoms with Crippen molar-refractivity contribution in [1.82, 2.24) is 19.8 Å². The number of hydrogen-bond donors (Lipinski definition) is 2. The highest BCUT2D eigenvalue weighted by atomic mass is 32.1. The van der Waals surface area contributed by atoms with Gasteiger partial charge < -0.3 is 14.5 Å². The largest absolute Gasteiger partial charge is 0.360 e. The lowest BCUT2D eigenvalue weighted by Crippen LogP contribution is -2.47. The molecule has 2 amide bonds. The van der Waals surface area contributed by atoms with Crippen molar-refractivity contribution < 1.29 is 18.4 Å². The maximum Gasteiger partial charge on any atom is 0.259 e. The van der Waals surface area contributed by atoms with Gasteiger partial charge in [-0.15, -0.1) is 11.3 Å². The van der Waals surface area contributed by atoms with Crippen molar-refractivity contribution in [2.45, 2.75) is 18.4 Å². The van der Waals surface area contributed by atoms with Crippen LogP contribution >= 0.6 is 11.3 Å². The second-order valence-electron chi connectivity index (χ2n) is 8.61. The van der Waals surface area contributed by atoms with Crippen LogP contribution in [0, 0.1) is 0 Å². The third-order valence-electron chi connectivity index (χ3n) is 6.53. The minimum Gasteiger partial charge on any atom is -0.360 e. The Kier molecular flexibility index (Phi) is 4.53. The molecule has 0 spiro atoms. The molecule has 1 aromatic carbocycles. The first kappa shape index (κ1) is 20.3. The zero-order valence-electron chi connectivity index (χ0n) is 17.6. The molecule has 2 aliphatic heterocycles. The molecular formula is C24H20F2N4O2S. The number of benzene rings is 1. The number of imide groups is 1. The maximum atomic E-state index is 15.1. The van der Waals surface area contributed by atoms with Crippen molar-refractivity contribution in [3.63, 3.8) is 0 Å². The normalized spacial score (nSPS) is 24.4. The van der Waals surface area contributed by atoms with Gasteiger partial charge in [0.2, 0.25) is 0 Å². The molecule has 1 fully saturated rings. The van der Waals surface area contributed by atoms with Crippen LogP contribution in [0.5, 0.6) is 0 Å². The summed E-state index contributed by atoms with van der Waals surface area (Å²) in [5.41, 5.74) is 3.14. The lowest BCUT2D eigenvalue weighted by atomic mass is 9.97. The first-order valence-corrected chi connectivity index (χ1v) is 11.5. The Morgan fingerprint density at radius 3 is 2.45 bits per heavy atom. The number of aromatic nitrogens is 2. The molecule has 6 nitrogen and oxygen atoms in total. The number of hydrogen-bond acceptors (Lipinski definition) is 4. The van der Waals surface area contributed by atoms with E-state index in [0.717, 1.165) is 10.2 Å². The number of likely N-dealkylation sites (tertiary alicyclic amines) is 1. The summed E-state index contributed by atoms with van der Waals surface area (Å²) in [6.07, 6.45) is 0.529. The molecule has 2 N–H and O–H groups in total. The number of piperidine rings is 1. The van der Waals surface area contributed by atoms with Gasteiger partial charge in [-0.3, -0.25) is 14.9 Å². The summed E-state index contributed by atoms with van der Waals surface area (Å²) in [4.78, 5) is 30.7. The van der Waals surface area contributed by atoms with Crippen molar-refractivity contribution in [2.24, 2.45) is 0 Å². The number of para-hydroxylation sites is 1. The fraction of sp³-hybridized carbons (Fsp3) is 0.250. The second kappa shape index (κ2) is 7.36. The first-order valence-electron chi connectivity index (χ1n) is 10.7. The smallest absolute Gasteiger partial charge is 0.259 e. The Balaban J connectivity index is 1.60. The van der Waals surface area contributed by atoms with E-state index in [1.165, 1.54) is 11.3 Å². The van der Waals surface area contributed by atoms with Gasteiger partial charge in [0.15, 0.2) is 0 Å². The highest BCUT2D eigenvalue weighted by Crippen LogP contribution is 2.41. The van der Waals surface area contributed by atoms with E-state index in [0.29, 0.717) is 22.0 Å². The van der Waals surface area contributed by atoms with Crippen molar-refractivity contribution >= 4 is 55.4 Å². The van der Waals surface area contributed by atoms with Crippen LogP contribution in [0.15, 0.2) is 48.1 Å². The first-order chi connectivity index (χ1) is 15.9. The van der Waals surface area contributed by atoms with E-state index in [-0.39, 0.29) is 24.2 Å². The van der Waals surface area contributed by atoms with Crippen LogP contribution < -0.4 is 5.32 Å². The van der Waals surface area contributed by atoms with Gasteiger partial charge in [0.25, 0.3) is 11.8 Å². The van der Waals surface area contributed by atoms with Crippen LogP contribution in [-0.4, -0.2) is 58.7 Å². The Hall–Kier alpha value is -3.30. The average Bonchev–Trinajstić information content (AvgIpc) is 3.51. The molecule has 9 heteroatoms. The molecule has 4 aromatic rings. The topological polar surface area (TPSA) is 70.1 Å². The summed E-state index contributed by atoms with van der Waals surface area (Å²) in [7, 11) is 1.70. The van der Waals surface area contributed by atoms with E-state index in [2.05, 4.69) is 10.3 Å². The second-order valence-corrected chi connectivity index (χ2v) is 9.53. The molecule has 3 aromatic heterocycles. The fourth-order valence-electron chi connectivity index (χ4n) is 5.11. The number of nitrogens with zero attached hydrogens (tertiary/aromatic N) is 2. The summed E-state index contributed by atoms with van der Waals surface area (Å²) in [5.74, 6) is -0.993. The number of carbonyl (C=O) groups excluding carboxylic acids is 2. The molecule has 5 heterocycles. The standard InChI is InChI=1S/C24H20F2N4O2S/c1-29-10-15(25)21(16(26)11-29)30-9-14(12-4-2-3-5-18(12)30)20-19(23(31)28-24(20)32)13-8-27-17-6-7-33-22(13)17/h2-9,15-16,21,27H,10-11H2,1H3,(H,28,31,32). The van der Waals surface area contributed by atoms with Gasteiger partial charge in [0.1, 0.15) is 12.3 Å². The maximum absolute atomic E-state index is 15.1. The summed E-state index contributed by atoms with van der Waals surface area (Å²) in [5, 5.41) is 5.00. The van der Waals surface area contributed by atoms with Crippen molar-refractivity contribution in [2.75, 3.05) is 20.1 Å². The quantitative estimate of drug-likeness (QED) is 0.450. The summed E-state index contributed by atoms with van der Waals surface area (Å²) in [6, 6.07) is 8.11. The molecule has 0 bridgehead atoms. The van der Waals surface area contributed by atoms with Crippen LogP contribution in [0.2, 0.25) is 0 Å². The monoisotopic (exact) mass is 466 g/mol. The molecule has 6 rings (SSSR count). The van der Waals surface area contributed by atoms with E-state index in [9.17, 15) is 9.59 Å². The number of fused-ring (bicyclic) bond motifs is 2. The third kappa shape index (κ3) is 2.99. The van der Waals surface area contributed by atoms with Gasteiger partial charge in [-0.05, 0) is 24.6 Å². The molecule has 0 saturated carbocycles. The van der Waals surface area contributed by atoms with Crippen molar-refractivity contribution in [3.05, 3.63) is 59.2 Å². The van der Waals surface area contributed by atoms with E-state index in [4.69, 9.17) is 0 Å². The number of amides is 2. The van der Waals surface area contributed by atoms with Gasteiger partial charge in [-0.2, -0.15) is 0 Å². The molecule has 33 heavy (non-hydrogen) atoms. The fourth-order valence-corrected chi connectivity index (χ4v) is 6.00. The number of alkyl halides is 2. The van der Waals surface area contributed by atoms with E-state index in [1.807, 2.05) is 23.6 Å². The molecule has 2 atom stereocenters. The van der Waals surface area contributed by atoms with Crippen LogP contribution in [0.3, 0.4) is 0 Å². The predicted octanol–water partition coefficient (Wildman–Crippen LogP) is 3.91. The minimum absolute atomic E-state index is 0.125. The molecule has 1 saturated heterocycles. The van der Waals surface area contributed by atoms with Crippen molar-refractivity contribution in [1.29, 1.82) is 0 Å². The highest BCUT2D eigenvalue weighted by Gasteiger charge is 2.40. The zero-order valence-corrected chi connectivity index (χ0v) is 18.5. The van der Waals surface area contributed by atoms with E-state index >= 15 is 8.78 Å². The summed E-state index contributed by atoms with van der Waals surface area (Å²) in [6.45, 7) is 0.249. The summed E-state index contributed by atoms with van der Waals surface area (Å²) >= 11 is 1.47. The van der Waals surface area contributed by atoms with E-state index in [1.54, 1.807) is 41.0 Å². The van der Waals surface area contributed by atoms with Gasteiger partial charge in [0.05, 0.1) is 27.4 Å². The molecule has 168 valence electrons. The Labute approximate surface area is 191 Å². The van der Waals surface area contributed by atoms with Gasteiger partial charge in [-0.25, -0.2) is 8.78 Å². The zero-order chi connectivity index (χ0) is 22.9. The van der Waals surface area contributed by atoms with Crippen LogP contribution in [0.1, 0.15) is 17.2 Å². The number of rotatable bonds is 3.